The van der Waals surface area contributed by atoms with Crippen molar-refractivity contribution >= 4 is 23.2 Å². The first-order chi connectivity index (χ1) is 12.7. The Morgan fingerprint density at radius 1 is 1.07 bits per heavy atom. The molecule has 1 aromatic heterocycles. The summed E-state index contributed by atoms with van der Waals surface area (Å²) >= 11 is 5.86. The van der Waals surface area contributed by atoms with Gasteiger partial charge in [-0.25, -0.2) is 0 Å². The zero-order valence-electron chi connectivity index (χ0n) is 13.9. The zero-order valence-corrected chi connectivity index (χ0v) is 14.7. The number of anilines is 1. The number of hydrogen-bond donors (Lipinski definition) is 1. The van der Waals surface area contributed by atoms with Gasteiger partial charge in [0.2, 0.25) is 0 Å². The van der Waals surface area contributed by atoms with E-state index in [-0.39, 0.29) is 5.75 Å². The Balaban J connectivity index is 1.74. The van der Waals surface area contributed by atoms with Crippen LogP contribution in [-0.2, 0) is 0 Å². The standard InChI is InChI=1S/C19H13ClF3NO3/c1-11-16(10-17(26-11)12-2-4-13(20)5-3-12)18(25)24-14-6-8-15(9-7-14)27-19(21,22)23/h2-10H,1H3,(H,24,25). The largest absolute Gasteiger partial charge is 0.573 e. The molecule has 0 bridgehead atoms. The van der Waals surface area contributed by atoms with Crippen LogP contribution in [0.25, 0.3) is 11.3 Å². The quantitative estimate of drug-likeness (QED) is 0.584. The van der Waals surface area contributed by atoms with Gasteiger partial charge in [-0.2, -0.15) is 0 Å². The molecule has 0 aliphatic heterocycles. The summed E-state index contributed by atoms with van der Waals surface area (Å²) in [4.78, 5) is 12.4. The molecule has 0 aliphatic carbocycles. The fourth-order valence-corrected chi connectivity index (χ4v) is 2.53. The number of carbonyl (C=O) groups excluding carboxylic acids is 1. The molecule has 1 amide bonds. The molecule has 1 N–H and O–H groups in total. The number of nitrogens with one attached hydrogen (secondary N) is 1. The van der Waals surface area contributed by atoms with E-state index in [4.69, 9.17) is 16.0 Å². The summed E-state index contributed by atoms with van der Waals surface area (Å²) < 4.78 is 45.9. The molecule has 0 saturated heterocycles. The summed E-state index contributed by atoms with van der Waals surface area (Å²) in [5, 5.41) is 3.19. The Kier molecular flexibility index (Phi) is 5.14. The molecule has 0 spiro atoms. The van der Waals surface area contributed by atoms with Gasteiger partial charge in [0.15, 0.2) is 0 Å². The molecule has 4 nitrogen and oxygen atoms in total. The van der Waals surface area contributed by atoms with Gasteiger partial charge in [0.25, 0.3) is 5.91 Å². The number of carbonyl (C=O) groups is 1. The minimum atomic E-state index is -4.77. The lowest BCUT2D eigenvalue weighted by Crippen LogP contribution is -2.17. The molecule has 0 atom stereocenters. The molecular formula is C19H13ClF3NO3. The SMILES string of the molecule is Cc1oc(-c2ccc(Cl)cc2)cc1C(=O)Nc1ccc(OC(F)(F)F)cc1. The van der Waals surface area contributed by atoms with Crippen LogP contribution in [0.2, 0.25) is 5.02 Å². The lowest BCUT2D eigenvalue weighted by atomic mass is 10.1. The highest BCUT2D eigenvalue weighted by Gasteiger charge is 2.31. The van der Waals surface area contributed by atoms with Crippen molar-refractivity contribution in [1.29, 1.82) is 0 Å². The number of ether oxygens (including phenoxy) is 1. The summed E-state index contributed by atoms with van der Waals surface area (Å²) in [5.74, 6) is 0.101. The third kappa shape index (κ3) is 4.83. The minimum Gasteiger partial charge on any atom is -0.461 e. The van der Waals surface area contributed by atoms with Gasteiger partial charge in [0.05, 0.1) is 5.56 Å². The maximum Gasteiger partial charge on any atom is 0.573 e. The number of halogens is 4. The van der Waals surface area contributed by atoms with Gasteiger partial charge in [0.1, 0.15) is 17.3 Å². The van der Waals surface area contributed by atoms with Crippen molar-refractivity contribution in [1.82, 2.24) is 0 Å². The summed E-state index contributed by atoms with van der Waals surface area (Å²) in [6, 6.07) is 13.4. The van der Waals surface area contributed by atoms with Crippen LogP contribution in [-0.4, -0.2) is 12.3 Å². The van der Waals surface area contributed by atoms with E-state index in [1.54, 1.807) is 37.3 Å². The van der Waals surface area contributed by atoms with Crippen molar-refractivity contribution in [3.63, 3.8) is 0 Å². The highest BCUT2D eigenvalue weighted by molar-refractivity contribution is 6.30. The zero-order chi connectivity index (χ0) is 19.6. The fourth-order valence-electron chi connectivity index (χ4n) is 2.40. The first kappa shape index (κ1) is 18.8. The maximum atomic E-state index is 12.4. The predicted octanol–water partition coefficient (Wildman–Crippen LogP) is 6.06. The van der Waals surface area contributed by atoms with Crippen LogP contribution in [0.4, 0.5) is 18.9 Å². The Hall–Kier alpha value is -2.93. The second-order valence-electron chi connectivity index (χ2n) is 5.61. The molecule has 1 heterocycles. The molecule has 0 fully saturated rings. The molecule has 3 rings (SSSR count). The van der Waals surface area contributed by atoms with E-state index in [1.165, 1.54) is 12.1 Å². The molecule has 0 unspecified atom stereocenters. The van der Waals surface area contributed by atoms with Crippen molar-refractivity contribution in [3.05, 3.63) is 70.9 Å². The van der Waals surface area contributed by atoms with E-state index >= 15 is 0 Å². The van der Waals surface area contributed by atoms with Crippen LogP contribution in [0.3, 0.4) is 0 Å². The Morgan fingerprint density at radius 2 is 1.70 bits per heavy atom. The molecule has 3 aromatic rings. The fraction of sp³-hybridized carbons (Fsp3) is 0.105. The van der Waals surface area contributed by atoms with E-state index in [9.17, 15) is 18.0 Å². The van der Waals surface area contributed by atoms with Gasteiger partial charge < -0.3 is 14.5 Å². The summed E-state index contributed by atoms with van der Waals surface area (Å²) in [6.45, 7) is 1.65. The molecule has 27 heavy (non-hydrogen) atoms. The highest BCUT2D eigenvalue weighted by Crippen LogP contribution is 2.28. The van der Waals surface area contributed by atoms with E-state index in [0.717, 1.165) is 17.7 Å². The number of aryl methyl sites for hydroxylation is 1. The second-order valence-corrected chi connectivity index (χ2v) is 6.05. The third-order valence-corrected chi connectivity index (χ3v) is 3.89. The van der Waals surface area contributed by atoms with Gasteiger partial charge in [-0.05, 0) is 61.5 Å². The number of furan rings is 1. The summed E-state index contributed by atoms with van der Waals surface area (Å²) in [7, 11) is 0. The van der Waals surface area contributed by atoms with E-state index in [0.29, 0.717) is 27.8 Å². The van der Waals surface area contributed by atoms with Gasteiger partial charge in [-0.1, -0.05) is 11.6 Å². The smallest absolute Gasteiger partial charge is 0.461 e. The maximum absolute atomic E-state index is 12.4. The van der Waals surface area contributed by atoms with Gasteiger partial charge in [-0.15, -0.1) is 13.2 Å². The van der Waals surface area contributed by atoms with Crippen LogP contribution in [0.15, 0.2) is 59.0 Å². The topological polar surface area (TPSA) is 51.5 Å². The third-order valence-electron chi connectivity index (χ3n) is 3.64. The average Bonchev–Trinajstić information content (AvgIpc) is 2.98. The lowest BCUT2D eigenvalue weighted by molar-refractivity contribution is -0.274. The van der Waals surface area contributed by atoms with Crippen LogP contribution in [0.1, 0.15) is 16.1 Å². The van der Waals surface area contributed by atoms with Crippen molar-refractivity contribution in [2.24, 2.45) is 0 Å². The number of amides is 1. The van der Waals surface area contributed by atoms with Crippen LogP contribution in [0.5, 0.6) is 5.75 Å². The average molecular weight is 396 g/mol. The second kappa shape index (κ2) is 7.36. The Bertz CT molecular complexity index is 948. The van der Waals surface area contributed by atoms with Crippen molar-refractivity contribution < 1.29 is 27.1 Å². The molecule has 0 saturated carbocycles. The van der Waals surface area contributed by atoms with Crippen LogP contribution >= 0.6 is 11.6 Å². The monoisotopic (exact) mass is 395 g/mol. The van der Waals surface area contributed by atoms with Gasteiger partial charge >= 0.3 is 6.36 Å². The Morgan fingerprint density at radius 3 is 2.30 bits per heavy atom. The Labute approximate surface area is 157 Å². The van der Waals surface area contributed by atoms with Gasteiger partial charge in [0, 0.05) is 16.3 Å². The van der Waals surface area contributed by atoms with Crippen molar-refractivity contribution in [2.75, 3.05) is 5.32 Å². The molecule has 2 aromatic carbocycles. The van der Waals surface area contributed by atoms with Crippen molar-refractivity contribution in [3.8, 4) is 17.1 Å². The predicted molar refractivity (Wildman–Crippen MR) is 95.0 cm³/mol. The number of benzene rings is 2. The number of hydrogen-bond acceptors (Lipinski definition) is 3. The van der Waals surface area contributed by atoms with Crippen molar-refractivity contribution in [2.45, 2.75) is 13.3 Å². The number of rotatable bonds is 4. The van der Waals surface area contributed by atoms with E-state index < -0.39 is 12.3 Å². The molecule has 8 heteroatoms. The molecule has 0 radical (unpaired) electrons. The first-order valence-electron chi connectivity index (χ1n) is 7.75. The van der Waals surface area contributed by atoms with E-state index in [1.807, 2.05) is 0 Å². The van der Waals surface area contributed by atoms with E-state index in [2.05, 4.69) is 10.1 Å². The minimum absolute atomic E-state index is 0.315. The molecule has 140 valence electrons. The number of alkyl halides is 3. The van der Waals surface area contributed by atoms with Crippen LogP contribution < -0.4 is 10.1 Å². The summed E-state index contributed by atoms with van der Waals surface area (Å²) in [6.07, 6.45) is -4.77. The summed E-state index contributed by atoms with van der Waals surface area (Å²) in [5.41, 5.74) is 1.40. The highest BCUT2D eigenvalue weighted by atomic mass is 35.5. The lowest BCUT2D eigenvalue weighted by Gasteiger charge is -2.09. The van der Waals surface area contributed by atoms with Gasteiger partial charge in [-0.3, -0.25) is 4.79 Å². The normalized spacial score (nSPS) is 11.3. The molecule has 0 aliphatic rings. The van der Waals surface area contributed by atoms with Crippen LogP contribution in [0, 0.1) is 6.92 Å². The first-order valence-corrected chi connectivity index (χ1v) is 8.12. The molecular weight excluding hydrogens is 383 g/mol.